The van der Waals surface area contributed by atoms with Crippen LogP contribution in [0.4, 0.5) is 0 Å². The first-order valence-electron chi connectivity index (χ1n) is 17.4. The highest BCUT2D eigenvalue weighted by Gasteiger charge is 2.25. The Morgan fingerprint density at radius 2 is 0.909 bits per heavy atom. The van der Waals surface area contributed by atoms with Gasteiger partial charge in [0.05, 0.1) is 11.1 Å². The molecule has 2 aromatic carbocycles. The SMILES string of the molecule is C=CP(=O)(Oc1ccccc1C#CCCCCCCCCCCC)Oc1ccccc1C#CCCCCCCCCCCC. The normalized spacial score (nSPS) is 10.8. The Morgan fingerprint density at radius 3 is 1.27 bits per heavy atom. The van der Waals surface area contributed by atoms with Gasteiger partial charge in [0.2, 0.25) is 0 Å². The second-order valence-electron chi connectivity index (χ2n) is 11.7. The van der Waals surface area contributed by atoms with Crippen LogP contribution in [0.3, 0.4) is 0 Å². The number of rotatable bonds is 23. The van der Waals surface area contributed by atoms with Gasteiger partial charge in [-0.2, -0.15) is 0 Å². The molecule has 4 heteroatoms. The van der Waals surface area contributed by atoms with E-state index >= 15 is 0 Å². The number of hydrogen-bond donors (Lipinski definition) is 0. The fourth-order valence-electron chi connectivity index (χ4n) is 5.03. The van der Waals surface area contributed by atoms with Crippen LogP contribution in [-0.4, -0.2) is 0 Å². The van der Waals surface area contributed by atoms with Crippen LogP contribution in [0.1, 0.15) is 153 Å². The quantitative estimate of drug-likeness (QED) is 0.0708. The van der Waals surface area contributed by atoms with Crippen LogP contribution in [0.25, 0.3) is 0 Å². The van der Waals surface area contributed by atoms with Crippen LogP contribution >= 0.6 is 7.60 Å². The van der Waals surface area contributed by atoms with E-state index in [0.717, 1.165) is 25.7 Å². The Kier molecular flexibility index (Phi) is 20.7. The van der Waals surface area contributed by atoms with Crippen LogP contribution in [-0.2, 0) is 4.57 Å². The molecule has 0 aromatic heterocycles. The van der Waals surface area contributed by atoms with Gasteiger partial charge in [-0.15, -0.1) is 0 Å². The molecule has 0 aliphatic carbocycles. The maximum absolute atomic E-state index is 13.7. The third-order valence-electron chi connectivity index (χ3n) is 7.71. The van der Waals surface area contributed by atoms with E-state index in [0.29, 0.717) is 22.6 Å². The van der Waals surface area contributed by atoms with Crippen molar-refractivity contribution >= 4 is 7.60 Å². The number of unbranched alkanes of at least 4 members (excludes halogenated alkanes) is 18. The average Bonchev–Trinajstić information content (AvgIpc) is 3.04. The van der Waals surface area contributed by atoms with Crippen LogP contribution in [0.15, 0.2) is 60.9 Å². The summed E-state index contributed by atoms with van der Waals surface area (Å²) in [6.45, 7) is 8.28. The molecule has 0 fully saturated rings. The van der Waals surface area contributed by atoms with Crippen molar-refractivity contribution in [2.75, 3.05) is 0 Å². The van der Waals surface area contributed by atoms with E-state index in [-0.39, 0.29) is 0 Å². The van der Waals surface area contributed by atoms with Gasteiger partial charge in [0.15, 0.2) is 0 Å². The van der Waals surface area contributed by atoms with Gasteiger partial charge in [0.25, 0.3) is 0 Å². The lowest BCUT2D eigenvalue weighted by atomic mass is 10.1. The van der Waals surface area contributed by atoms with Gasteiger partial charge in [-0.25, -0.2) is 4.57 Å². The van der Waals surface area contributed by atoms with E-state index < -0.39 is 7.60 Å². The molecule has 0 aliphatic rings. The molecule has 0 saturated carbocycles. The Hall–Kier alpha value is -2.87. The summed E-state index contributed by atoms with van der Waals surface area (Å²) < 4.78 is 25.6. The summed E-state index contributed by atoms with van der Waals surface area (Å²) in [6.07, 6.45) is 24.9. The molecule has 0 aliphatic heterocycles. The molecule has 0 amide bonds. The maximum atomic E-state index is 13.7. The summed E-state index contributed by atoms with van der Waals surface area (Å²) in [5, 5.41) is 0. The van der Waals surface area contributed by atoms with Crippen LogP contribution in [0.5, 0.6) is 11.5 Å². The molecule has 0 spiro atoms. The summed E-state index contributed by atoms with van der Waals surface area (Å²) in [5.74, 6) is 15.1. The molecule has 2 rings (SSSR count). The molecule has 0 radical (unpaired) electrons. The smallest absolute Gasteiger partial charge is 0.412 e. The zero-order chi connectivity index (χ0) is 31.6. The van der Waals surface area contributed by atoms with Crippen molar-refractivity contribution < 1.29 is 13.6 Å². The van der Waals surface area contributed by atoms with Crippen molar-refractivity contribution in [2.24, 2.45) is 0 Å². The van der Waals surface area contributed by atoms with Gasteiger partial charge < -0.3 is 9.05 Å². The molecule has 0 N–H and O–H groups in total. The number of benzene rings is 2. The van der Waals surface area contributed by atoms with Gasteiger partial charge in [0.1, 0.15) is 11.5 Å². The van der Waals surface area contributed by atoms with Crippen molar-refractivity contribution in [3.05, 3.63) is 72.1 Å². The van der Waals surface area contributed by atoms with Crippen molar-refractivity contribution in [1.29, 1.82) is 0 Å². The Labute approximate surface area is 270 Å². The van der Waals surface area contributed by atoms with Crippen LogP contribution < -0.4 is 9.05 Å². The van der Waals surface area contributed by atoms with Crippen molar-refractivity contribution in [2.45, 2.75) is 142 Å². The van der Waals surface area contributed by atoms with Crippen LogP contribution in [0, 0.1) is 23.7 Å². The summed E-state index contributed by atoms with van der Waals surface area (Å²) in [5.41, 5.74) is 1.39. The summed E-state index contributed by atoms with van der Waals surface area (Å²) in [6, 6.07) is 14.8. The molecular formula is C40H57O3P. The van der Waals surface area contributed by atoms with Crippen LogP contribution in [0.2, 0.25) is 0 Å². The van der Waals surface area contributed by atoms with E-state index in [2.05, 4.69) is 44.1 Å². The van der Waals surface area contributed by atoms with Gasteiger partial charge >= 0.3 is 7.60 Å². The van der Waals surface area contributed by atoms with Crippen molar-refractivity contribution in [1.82, 2.24) is 0 Å². The van der Waals surface area contributed by atoms with Gasteiger partial charge in [-0.3, -0.25) is 0 Å². The highest BCUT2D eigenvalue weighted by molar-refractivity contribution is 7.58. The zero-order valence-electron chi connectivity index (χ0n) is 27.7. The van der Waals surface area contributed by atoms with E-state index in [9.17, 15) is 4.57 Å². The summed E-state index contributed by atoms with van der Waals surface area (Å²) >= 11 is 0. The highest BCUT2D eigenvalue weighted by Crippen LogP contribution is 2.50. The molecular weight excluding hydrogens is 559 g/mol. The van der Waals surface area contributed by atoms with E-state index in [1.807, 2.05) is 36.4 Å². The highest BCUT2D eigenvalue weighted by atomic mass is 31.2. The second-order valence-corrected chi connectivity index (χ2v) is 13.5. The molecule has 0 heterocycles. The minimum absolute atomic E-state index is 0.434. The van der Waals surface area contributed by atoms with Gasteiger partial charge in [0, 0.05) is 18.7 Å². The zero-order valence-corrected chi connectivity index (χ0v) is 28.6. The monoisotopic (exact) mass is 616 g/mol. The molecule has 0 bridgehead atoms. The minimum Gasteiger partial charge on any atom is -0.412 e. The lowest BCUT2D eigenvalue weighted by molar-refractivity contribution is 0.397. The molecule has 0 atom stereocenters. The number of hydrogen-bond acceptors (Lipinski definition) is 3. The Morgan fingerprint density at radius 1 is 0.568 bits per heavy atom. The maximum Gasteiger partial charge on any atom is 0.455 e. The largest absolute Gasteiger partial charge is 0.455 e. The first-order chi connectivity index (χ1) is 21.6. The molecule has 0 saturated heterocycles. The number of para-hydroxylation sites is 2. The average molecular weight is 617 g/mol. The molecule has 240 valence electrons. The minimum atomic E-state index is -3.71. The molecule has 0 unspecified atom stereocenters. The molecule has 3 nitrogen and oxygen atoms in total. The Balaban J connectivity index is 1.86. The van der Waals surface area contributed by atoms with E-state index in [4.69, 9.17) is 9.05 Å². The molecule has 2 aromatic rings. The fraction of sp³-hybridized carbons (Fsp3) is 0.550. The first kappa shape index (κ1) is 37.3. The summed E-state index contributed by atoms with van der Waals surface area (Å²) in [7, 11) is -3.71. The van der Waals surface area contributed by atoms with E-state index in [1.54, 1.807) is 12.1 Å². The first-order valence-corrected chi connectivity index (χ1v) is 19.0. The fourth-order valence-corrected chi connectivity index (χ4v) is 6.08. The Bertz CT molecular complexity index is 1140. The lowest BCUT2D eigenvalue weighted by Crippen LogP contribution is -2.01. The lowest BCUT2D eigenvalue weighted by Gasteiger charge is -2.18. The third-order valence-corrected chi connectivity index (χ3v) is 9.06. The standard InChI is InChI=1S/C40H57O3P/c1-4-7-9-11-13-15-17-19-21-23-25-31-37-33-27-29-35-39(37)42-44(41,6-3)43-40-36-30-28-34-38(40)32-26-24-22-20-18-16-14-12-10-8-5-2/h6,27-30,33-36H,3-5,7-24H2,1-2H3. The topological polar surface area (TPSA) is 35.5 Å². The van der Waals surface area contributed by atoms with Crippen molar-refractivity contribution in [3.63, 3.8) is 0 Å². The third kappa shape index (κ3) is 16.8. The van der Waals surface area contributed by atoms with E-state index in [1.165, 1.54) is 109 Å². The summed E-state index contributed by atoms with van der Waals surface area (Å²) in [4.78, 5) is 0. The predicted molar refractivity (Wildman–Crippen MR) is 189 cm³/mol. The second kappa shape index (κ2) is 24.5. The van der Waals surface area contributed by atoms with Gasteiger partial charge in [-0.05, 0) is 37.1 Å². The van der Waals surface area contributed by atoms with Crippen molar-refractivity contribution in [3.8, 4) is 35.2 Å². The van der Waals surface area contributed by atoms with Gasteiger partial charge in [-0.1, -0.05) is 171 Å². The molecule has 44 heavy (non-hydrogen) atoms. The predicted octanol–water partition coefficient (Wildman–Crippen LogP) is 13.0.